The number of nitrogens with zero attached hydrogens (tertiary/aromatic N) is 7. The first-order valence-corrected chi connectivity index (χ1v) is 26.1. The van der Waals surface area contributed by atoms with Crippen LogP contribution in [-0.4, -0.2) is 33.2 Å². The molecule has 1 aliphatic carbocycles. The Bertz CT molecular complexity index is 4720. The predicted octanol–water partition coefficient (Wildman–Crippen LogP) is 17.1. The van der Waals surface area contributed by atoms with E-state index < -0.39 is 0 Å². The normalized spacial score (nSPS) is 12.6. The Morgan fingerprint density at radius 2 is 0.697 bits per heavy atom. The highest BCUT2D eigenvalue weighted by Crippen LogP contribution is 2.49. The molecule has 15 aromatic rings. The van der Waals surface area contributed by atoms with Crippen LogP contribution in [0.15, 0.2) is 243 Å². The molecule has 0 spiro atoms. The van der Waals surface area contributed by atoms with Crippen LogP contribution in [0.4, 0.5) is 0 Å². The number of fused-ring (bicyclic) bond motifs is 12. The van der Waals surface area contributed by atoms with Gasteiger partial charge in [-0.1, -0.05) is 194 Å². The zero-order valence-corrected chi connectivity index (χ0v) is 41.2. The summed E-state index contributed by atoms with van der Waals surface area (Å²) in [7, 11) is 0. The van der Waals surface area contributed by atoms with Crippen LogP contribution >= 0.6 is 0 Å². The molecule has 0 saturated carbocycles. The second-order valence-electron chi connectivity index (χ2n) is 19.8. The third-order valence-electron chi connectivity index (χ3n) is 15.7. The molecular formula is C69H45N7. The van der Waals surface area contributed by atoms with Crippen LogP contribution in [-0.2, 0) is 6.42 Å². The number of pyridine rings is 1. The van der Waals surface area contributed by atoms with Crippen molar-refractivity contribution in [3.8, 4) is 56.8 Å². The van der Waals surface area contributed by atoms with Gasteiger partial charge in [-0.05, 0) is 66.9 Å². The van der Waals surface area contributed by atoms with Crippen LogP contribution in [0.2, 0.25) is 0 Å². The van der Waals surface area contributed by atoms with Crippen LogP contribution in [0.5, 0.6) is 0 Å². The monoisotopic (exact) mass is 971 g/mol. The topological polar surface area (TPSA) is 58.4 Å². The van der Waals surface area contributed by atoms with Crippen molar-refractivity contribution in [1.82, 2.24) is 33.2 Å². The summed E-state index contributed by atoms with van der Waals surface area (Å²) in [6.45, 7) is 0. The molecule has 9 aromatic carbocycles. The Morgan fingerprint density at radius 3 is 1.16 bits per heavy atom. The maximum Gasteiger partial charge on any atom is 0.165 e. The van der Waals surface area contributed by atoms with Crippen LogP contribution in [0.1, 0.15) is 17.7 Å². The van der Waals surface area contributed by atoms with Crippen LogP contribution in [0.25, 0.3) is 139 Å². The number of hydrogen-bond acceptors (Lipinski definition) is 3. The molecule has 356 valence electrons. The van der Waals surface area contributed by atoms with E-state index in [1.165, 1.54) is 10.9 Å². The van der Waals surface area contributed by atoms with Crippen molar-refractivity contribution in [2.75, 3.05) is 0 Å². The van der Waals surface area contributed by atoms with Gasteiger partial charge in [0.1, 0.15) is 11.4 Å². The zero-order chi connectivity index (χ0) is 49.8. The Morgan fingerprint density at radius 1 is 0.329 bits per heavy atom. The average molecular weight is 972 g/mol. The van der Waals surface area contributed by atoms with E-state index in [0.29, 0.717) is 5.69 Å². The van der Waals surface area contributed by atoms with Crippen LogP contribution in [0, 0.1) is 0 Å². The van der Waals surface area contributed by atoms with Gasteiger partial charge in [0.2, 0.25) is 0 Å². The molecule has 6 aromatic heterocycles. The molecule has 0 N–H and O–H groups in total. The highest BCUT2D eigenvalue weighted by molar-refractivity contribution is 6.14. The lowest BCUT2D eigenvalue weighted by atomic mass is 10.0. The summed E-state index contributed by atoms with van der Waals surface area (Å²) < 4.78 is 9.78. The largest absolute Gasteiger partial charge is 0.305 e. The van der Waals surface area contributed by atoms with Gasteiger partial charge in [-0.25, -0.2) is 9.97 Å². The van der Waals surface area contributed by atoms with Gasteiger partial charge in [0.25, 0.3) is 0 Å². The first-order chi connectivity index (χ1) is 37.8. The van der Waals surface area contributed by atoms with E-state index in [-0.39, 0.29) is 0 Å². The first kappa shape index (κ1) is 42.4. The van der Waals surface area contributed by atoms with Gasteiger partial charge in [0, 0.05) is 48.8 Å². The molecule has 7 heteroatoms. The minimum atomic E-state index is 0.707. The number of benzene rings is 9. The third kappa shape index (κ3) is 6.14. The Hall–Kier alpha value is -10.1. The summed E-state index contributed by atoms with van der Waals surface area (Å²) in [6, 6.07) is 82.6. The van der Waals surface area contributed by atoms with E-state index in [1.807, 2.05) is 6.20 Å². The van der Waals surface area contributed by atoms with Gasteiger partial charge in [-0.3, -0.25) is 14.1 Å². The van der Waals surface area contributed by atoms with E-state index in [1.54, 1.807) is 0 Å². The Kier molecular flexibility index (Phi) is 9.32. The summed E-state index contributed by atoms with van der Waals surface area (Å²) in [4.78, 5) is 18.0. The van der Waals surface area contributed by atoms with Crippen molar-refractivity contribution in [3.05, 3.63) is 254 Å². The molecule has 76 heavy (non-hydrogen) atoms. The fourth-order valence-electron chi connectivity index (χ4n) is 12.5. The lowest BCUT2D eigenvalue weighted by molar-refractivity contribution is 0.919. The van der Waals surface area contributed by atoms with Crippen LogP contribution < -0.4 is 0 Å². The molecule has 0 saturated heterocycles. The number of allylic oxidation sites excluding steroid dienone is 1. The second kappa shape index (κ2) is 16.7. The fourth-order valence-corrected chi connectivity index (χ4v) is 12.5. The smallest absolute Gasteiger partial charge is 0.165 e. The van der Waals surface area contributed by atoms with Crippen molar-refractivity contribution in [2.45, 2.75) is 12.8 Å². The summed E-state index contributed by atoms with van der Waals surface area (Å²) in [5, 5.41) is 8.10. The maximum atomic E-state index is 6.39. The highest BCUT2D eigenvalue weighted by Gasteiger charge is 2.34. The number of hydrogen-bond donors (Lipinski definition) is 0. The molecule has 0 fully saturated rings. The molecule has 0 atom stereocenters. The van der Waals surface area contributed by atoms with Gasteiger partial charge in [0.05, 0.1) is 73.2 Å². The standard InChI is InChI=1S/C69H45N7/c1-3-23-44(24-4-1)64-65(45-25-5-2-6-26-45)71-54(43-70-64)63-66(73-55-35-15-7-27-46(55)47-28-8-16-36-56(47)73)68(75-59-39-19-11-31-50(59)51-32-12-20-40-60(51)75)72-69(76-61-41-21-13-33-52(61)53-34-14-22-42-62(53)76)67(63)74-57-37-17-9-29-48(57)49-30-10-18-38-58(49)74/h1-13,15-33,35-43H,14,34H2. The van der Waals surface area contributed by atoms with Gasteiger partial charge < -0.3 is 9.13 Å². The number of para-hydroxylation sites is 7. The van der Waals surface area contributed by atoms with Crippen molar-refractivity contribution in [3.63, 3.8) is 0 Å². The quantitative estimate of drug-likeness (QED) is 0.160. The Labute approximate surface area is 437 Å². The minimum absolute atomic E-state index is 0.707. The molecule has 0 bridgehead atoms. The van der Waals surface area contributed by atoms with Gasteiger partial charge in [-0.2, -0.15) is 0 Å². The molecule has 0 amide bonds. The van der Waals surface area contributed by atoms with Crippen molar-refractivity contribution in [2.24, 2.45) is 0 Å². The summed E-state index contributed by atoms with van der Waals surface area (Å²) in [5.74, 6) is 1.54. The lowest BCUT2D eigenvalue weighted by Crippen LogP contribution is -2.17. The van der Waals surface area contributed by atoms with E-state index in [4.69, 9.17) is 15.0 Å². The molecule has 6 heterocycles. The summed E-state index contributed by atoms with van der Waals surface area (Å²) in [5.41, 5.74) is 16.8. The molecule has 16 rings (SSSR count). The molecule has 0 aliphatic heterocycles. The van der Waals surface area contributed by atoms with E-state index in [9.17, 15) is 0 Å². The minimum Gasteiger partial charge on any atom is -0.305 e. The Balaban J connectivity index is 1.22. The molecular weight excluding hydrogens is 927 g/mol. The number of aryl methyl sites for hydroxylation is 1. The van der Waals surface area contributed by atoms with E-state index in [0.717, 1.165) is 141 Å². The van der Waals surface area contributed by atoms with Crippen molar-refractivity contribution in [1.29, 1.82) is 0 Å². The van der Waals surface area contributed by atoms with Crippen molar-refractivity contribution >= 4 is 82.4 Å². The molecule has 0 unspecified atom stereocenters. The lowest BCUT2D eigenvalue weighted by Gasteiger charge is -2.27. The second-order valence-corrected chi connectivity index (χ2v) is 19.8. The zero-order valence-electron chi connectivity index (χ0n) is 41.2. The number of rotatable bonds is 7. The first-order valence-electron chi connectivity index (χ1n) is 26.1. The van der Waals surface area contributed by atoms with Crippen molar-refractivity contribution < 1.29 is 0 Å². The average Bonchev–Trinajstić information content (AvgIpc) is 4.41. The van der Waals surface area contributed by atoms with E-state index >= 15 is 0 Å². The van der Waals surface area contributed by atoms with Gasteiger partial charge in [0.15, 0.2) is 11.6 Å². The SMILES string of the molecule is C1=Cc2c(c3ccccc3n2-c2nc(-n3c4ccccc4c4ccccc43)c(-n3c4ccccc4c4ccccc43)c(-c3cnc(-c4ccccc4)c(-c4ccccc4)n3)c2-n2c3ccccc3c3ccccc32)CC1. The van der Waals surface area contributed by atoms with E-state index in [2.05, 4.69) is 261 Å². The van der Waals surface area contributed by atoms with Gasteiger partial charge >= 0.3 is 0 Å². The molecule has 1 aliphatic rings. The van der Waals surface area contributed by atoms with Crippen LogP contribution in [0.3, 0.4) is 0 Å². The molecule has 0 radical (unpaired) electrons. The summed E-state index contributed by atoms with van der Waals surface area (Å²) in [6.07, 6.45) is 8.53. The maximum absolute atomic E-state index is 6.39. The molecule has 7 nitrogen and oxygen atoms in total. The summed E-state index contributed by atoms with van der Waals surface area (Å²) >= 11 is 0. The fraction of sp³-hybridized carbons (Fsp3) is 0.0290. The highest BCUT2D eigenvalue weighted by atomic mass is 15.2. The predicted molar refractivity (Wildman–Crippen MR) is 313 cm³/mol. The number of aromatic nitrogens is 7. The van der Waals surface area contributed by atoms with Gasteiger partial charge in [-0.15, -0.1) is 0 Å². The third-order valence-corrected chi connectivity index (χ3v) is 15.7.